The second kappa shape index (κ2) is 4.28. The monoisotopic (exact) mass is 334 g/mol. The minimum atomic E-state index is -1.60. The maximum atomic E-state index is 11.1. The highest BCUT2D eigenvalue weighted by molar-refractivity contribution is 5.28. The Balaban J connectivity index is 1.64. The summed E-state index contributed by atoms with van der Waals surface area (Å²) in [6, 6.07) is 0. The highest BCUT2D eigenvalue weighted by Crippen LogP contribution is 2.74. The molecule has 5 fully saturated rings. The first-order valence-electron chi connectivity index (χ1n) is 9.59. The molecule has 3 saturated carbocycles. The molecule has 6 aliphatic rings. The molecule has 2 saturated heterocycles. The molecule has 8 unspecified atom stereocenters. The van der Waals surface area contributed by atoms with Gasteiger partial charge < -0.3 is 20.1 Å². The summed E-state index contributed by atoms with van der Waals surface area (Å²) in [6.07, 6.45) is 10.3. The second-order valence-electron chi connectivity index (χ2n) is 10.1. The number of allylic oxidation sites excluding steroid dienone is 2. The fraction of sp³-hybridized carbons (Fsp3) is 0.900. The van der Waals surface area contributed by atoms with Gasteiger partial charge in [-0.05, 0) is 61.2 Å². The molecule has 0 aromatic heterocycles. The van der Waals surface area contributed by atoms with E-state index in [-0.39, 0.29) is 23.4 Å². The lowest BCUT2D eigenvalue weighted by Gasteiger charge is -2.72. The van der Waals surface area contributed by atoms with E-state index in [1.165, 1.54) is 12.8 Å². The van der Waals surface area contributed by atoms with Gasteiger partial charge in [0.2, 0.25) is 0 Å². The zero-order valence-electron chi connectivity index (χ0n) is 14.8. The number of hydrogen-bond donors (Lipinski definition) is 3. The normalized spacial score (nSPS) is 64.0. The molecule has 0 aromatic rings. The second-order valence-corrected chi connectivity index (χ2v) is 10.1. The van der Waals surface area contributed by atoms with Gasteiger partial charge in [0, 0.05) is 5.41 Å². The molecule has 4 heteroatoms. The van der Waals surface area contributed by atoms with E-state index in [0.717, 1.165) is 19.3 Å². The van der Waals surface area contributed by atoms with Crippen molar-refractivity contribution in [1.29, 1.82) is 0 Å². The van der Waals surface area contributed by atoms with Gasteiger partial charge >= 0.3 is 0 Å². The number of fused-ring (bicyclic) bond motifs is 3. The van der Waals surface area contributed by atoms with Crippen LogP contribution in [0.3, 0.4) is 0 Å². The Kier molecular flexibility index (Phi) is 2.82. The van der Waals surface area contributed by atoms with Crippen LogP contribution in [0.2, 0.25) is 0 Å². The molecule has 2 spiro atoms. The third-order valence-electron chi connectivity index (χ3n) is 9.04. The van der Waals surface area contributed by atoms with Crippen LogP contribution in [0.1, 0.15) is 52.4 Å². The SMILES string of the molecule is CC12C=CC3(CCC4C5(COC(O)(C(O)C5)C4(C)CO)C3CC1)C2. The Bertz CT molecular complexity index is 619. The number of rotatable bonds is 1. The molecule has 4 aliphatic carbocycles. The van der Waals surface area contributed by atoms with E-state index in [9.17, 15) is 15.3 Å². The summed E-state index contributed by atoms with van der Waals surface area (Å²) in [5.41, 5.74) is -0.331. The highest BCUT2D eigenvalue weighted by Gasteiger charge is 2.76. The van der Waals surface area contributed by atoms with Gasteiger partial charge in [0.05, 0.1) is 18.6 Å². The minimum absolute atomic E-state index is 0.115. The molecule has 4 bridgehead atoms. The van der Waals surface area contributed by atoms with E-state index >= 15 is 0 Å². The van der Waals surface area contributed by atoms with E-state index in [4.69, 9.17) is 4.74 Å². The molecule has 0 aromatic carbocycles. The number of aliphatic hydroxyl groups is 3. The molecule has 6 rings (SSSR count). The molecule has 4 nitrogen and oxygen atoms in total. The van der Waals surface area contributed by atoms with E-state index in [1.54, 1.807) is 0 Å². The summed E-state index contributed by atoms with van der Waals surface area (Å²) in [5, 5.41) is 32.0. The van der Waals surface area contributed by atoms with Crippen molar-refractivity contribution in [3.63, 3.8) is 0 Å². The van der Waals surface area contributed by atoms with Crippen LogP contribution in [-0.4, -0.2) is 40.4 Å². The maximum absolute atomic E-state index is 11.1. The summed E-state index contributed by atoms with van der Waals surface area (Å²) in [4.78, 5) is 0. The lowest BCUT2D eigenvalue weighted by Crippen LogP contribution is -2.77. The summed E-state index contributed by atoms with van der Waals surface area (Å²) in [7, 11) is 0. The number of hydrogen-bond acceptors (Lipinski definition) is 4. The molecular weight excluding hydrogens is 304 g/mol. The average molecular weight is 334 g/mol. The van der Waals surface area contributed by atoms with Crippen molar-refractivity contribution in [1.82, 2.24) is 0 Å². The standard InChI is InChI=1S/C20H30O4/c1-16-5-3-14-18(10-16,8-7-16)6-4-13-17(2,11-21)20(23)15(22)9-19(13,14)12-24-20/h7-8,13-15,21-23H,3-6,9-12H2,1-2H3. The van der Waals surface area contributed by atoms with Crippen LogP contribution in [-0.2, 0) is 4.74 Å². The summed E-state index contributed by atoms with van der Waals surface area (Å²) < 4.78 is 5.94. The lowest BCUT2D eigenvalue weighted by molar-refractivity contribution is -0.431. The van der Waals surface area contributed by atoms with Crippen molar-refractivity contribution < 1.29 is 20.1 Å². The van der Waals surface area contributed by atoms with Gasteiger partial charge in [-0.3, -0.25) is 0 Å². The zero-order chi connectivity index (χ0) is 17.0. The van der Waals surface area contributed by atoms with E-state index in [0.29, 0.717) is 24.4 Å². The van der Waals surface area contributed by atoms with E-state index in [2.05, 4.69) is 19.1 Å². The summed E-state index contributed by atoms with van der Waals surface area (Å²) in [6.45, 7) is 4.68. The Hall–Kier alpha value is -0.420. The third kappa shape index (κ3) is 1.48. The molecule has 0 radical (unpaired) electrons. The van der Waals surface area contributed by atoms with Crippen molar-refractivity contribution >= 4 is 0 Å². The lowest BCUT2D eigenvalue weighted by atomic mass is 9.37. The first-order chi connectivity index (χ1) is 11.2. The number of aliphatic hydroxyl groups excluding tert-OH is 2. The van der Waals surface area contributed by atoms with Crippen molar-refractivity contribution in [2.45, 2.75) is 64.3 Å². The van der Waals surface area contributed by atoms with E-state index < -0.39 is 17.3 Å². The highest BCUT2D eigenvalue weighted by atomic mass is 16.6. The van der Waals surface area contributed by atoms with E-state index in [1.807, 2.05) is 6.92 Å². The first kappa shape index (κ1) is 15.8. The van der Waals surface area contributed by atoms with Crippen LogP contribution in [0.25, 0.3) is 0 Å². The Morgan fingerprint density at radius 3 is 2.58 bits per heavy atom. The fourth-order valence-electron chi connectivity index (χ4n) is 7.91. The third-order valence-corrected chi connectivity index (χ3v) is 9.04. The molecule has 2 heterocycles. The fourth-order valence-corrected chi connectivity index (χ4v) is 7.91. The largest absolute Gasteiger partial charge is 0.396 e. The van der Waals surface area contributed by atoms with Gasteiger partial charge in [-0.15, -0.1) is 0 Å². The predicted molar refractivity (Wildman–Crippen MR) is 88.9 cm³/mol. The molecule has 0 amide bonds. The van der Waals surface area contributed by atoms with Crippen LogP contribution in [0, 0.1) is 33.5 Å². The molecule has 134 valence electrons. The van der Waals surface area contributed by atoms with Crippen LogP contribution in [0.15, 0.2) is 12.2 Å². The summed E-state index contributed by atoms with van der Waals surface area (Å²) in [5.74, 6) is -0.903. The maximum Gasteiger partial charge on any atom is 0.200 e. The Labute approximate surface area is 143 Å². The molecule has 8 atom stereocenters. The van der Waals surface area contributed by atoms with Crippen LogP contribution >= 0.6 is 0 Å². The number of ether oxygens (including phenoxy) is 1. The topological polar surface area (TPSA) is 69.9 Å². The quantitative estimate of drug-likeness (QED) is 0.643. The van der Waals surface area contributed by atoms with Crippen LogP contribution in [0.5, 0.6) is 0 Å². The zero-order valence-corrected chi connectivity index (χ0v) is 14.8. The minimum Gasteiger partial charge on any atom is -0.396 e. The van der Waals surface area contributed by atoms with Crippen LogP contribution in [0.4, 0.5) is 0 Å². The predicted octanol–water partition coefficient (Wildman–Crippen LogP) is 2.23. The van der Waals surface area contributed by atoms with Gasteiger partial charge in [-0.1, -0.05) is 26.0 Å². The Morgan fingerprint density at radius 1 is 1.12 bits per heavy atom. The summed E-state index contributed by atoms with van der Waals surface area (Å²) >= 11 is 0. The molecular formula is C20H30O4. The smallest absolute Gasteiger partial charge is 0.200 e. The van der Waals surface area contributed by atoms with Crippen molar-refractivity contribution in [3.05, 3.63) is 12.2 Å². The van der Waals surface area contributed by atoms with Crippen molar-refractivity contribution in [2.24, 2.45) is 33.5 Å². The van der Waals surface area contributed by atoms with Crippen molar-refractivity contribution in [2.75, 3.05) is 13.2 Å². The first-order valence-corrected chi connectivity index (χ1v) is 9.59. The van der Waals surface area contributed by atoms with Gasteiger partial charge in [0.15, 0.2) is 5.79 Å². The molecule has 24 heavy (non-hydrogen) atoms. The van der Waals surface area contributed by atoms with Gasteiger partial charge in [-0.25, -0.2) is 0 Å². The average Bonchev–Trinajstić information content (AvgIpc) is 2.80. The van der Waals surface area contributed by atoms with Gasteiger partial charge in [0.25, 0.3) is 0 Å². The Morgan fingerprint density at radius 2 is 1.88 bits per heavy atom. The van der Waals surface area contributed by atoms with Crippen molar-refractivity contribution in [3.8, 4) is 0 Å². The van der Waals surface area contributed by atoms with Gasteiger partial charge in [-0.2, -0.15) is 0 Å². The molecule has 2 aliphatic heterocycles. The van der Waals surface area contributed by atoms with Crippen LogP contribution < -0.4 is 0 Å². The van der Waals surface area contributed by atoms with Gasteiger partial charge in [0.1, 0.15) is 6.10 Å². The molecule has 3 N–H and O–H groups in total.